The molecule has 0 atom stereocenters. The maximum atomic E-state index is 14.1. The Labute approximate surface area is 138 Å². The number of benzene rings is 1. The summed E-state index contributed by atoms with van der Waals surface area (Å²) < 4.78 is 58.7. The van der Waals surface area contributed by atoms with Gasteiger partial charge in [-0.25, -0.2) is 9.37 Å². The molecule has 5 nitrogen and oxygen atoms in total. The molecule has 0 aliphatic rings. The summed E-state index contributed by atoms with van der Waals surface area (Å²) in [6.07, 6.45) is -1.74. The molecule has 1 aromatic carbocycles. The van der Waals surface area contributed by atoms with Crippen LogP contribution in [0.5, 0.6) is 5.88 Å². The third-order valence-corrected chi connectivity index (χ3v) is 3.53. The van der Waals surface area contributed by atoms with E-state index in [-0.39, 0.29) is 24.5 Å². The van der Waals surface area contributed by atoms with E-state index in [0.29, 0.717) is 17.4 Å². The number of fused-ring (bicyclic) bond motifs is 1. The molecule has 0 aliphatic carbocycles. The highest BCUT2D eigenvalue weighted by Gasteiger charge is 2.34. The highest BCUT2D eigenvalue weighted by atomic mass is 19.4. The lowest BCUT2D eigenvalue weighted by Gasteiger charge is -2.14. The molecular weight excluding hydrogens is 342 g/mol. The van der Waals surface area contributed by atoms with Gasteiger partial charge in [-0.1, -0.05) is 12.1 Å². The molecule has 0 spiro atoms. The van der Waals surface area contributed by atoms with Gasteiger partial charge in [-0.15, -0.1) is 0 Å². The molecule has 0 aliphatic heterocycles. The van der Waals surface area contributed by atoms with E-state index in [1.54, 1.807) is 12.3 Å². The van der Waals surface area contributed by atoms with Crippen molar-refractivity contribution in [3.05, 3.63) is 59.7 Å². The number of hydrogen-bond donors (Lipinski definition) is 1. The Morgan fingerprint density at radius 2 is 2.04 bits per heavy atom. The Morgan fingerprint density at radius 1 is 1.24 bits per heavy atom. The van der Waals surface area contributed by atoms with Crippen molar-refractivity contribution >= 4 is 17.8 Å². The number of hydrogen-bond acceptors (Lipinski definition) is 4. The largest absolute Gasteiger partial charge is 0.419 e. The number of nitrogens with one attached hydrogen (secondary N) is 1. The first-order chi connectivity index (χ1) is 11.9. The van der Waals surface area contributed by atoms with Crippen LogP contribution in [-0.4, -0.2) is 15.9 Å². The van der Waals surface area contributed by atoms with Crippen LogP contribution in [0, 0.1) is 5.82 Å². The molecule has 2 heterocycles. The van der Waals surface area contributed by atoms with Gasteiger partial charge in [0.05, 0.1) is 11.3 Å². The minimum absolute atomic E-state index is 0.0948. The Kier molecular flexibility index (Phi) is 4.30. The van der Waals surface area contributed by atoms with Crippen molar-refractivity contribution in [1.82, 2.24) is 9.38 Å². The Bertz CT molecular complexity index is 921. The van der Waals surface area contributed by atoms with Crippen LogP contribution in [0.15, 0.2) is 42.7 Å². The van der Waals surface area contributed by atoms with Crippen molar-refractivity contribution in [3.63, 3.8) is 0 Å². The monoisotopic (exact) mass is 353 g/mol. The standard InChI is InChI=1S/C16H11F4N3O2/c17-14-10(2-1-3-11(14)16(18,19)20)8-22-12-4-5-13-21-6-7-23(13)15(12)25-9-24/h1-7,9,22H,8H2. The first-order valence-corrected chi connectivity index (χ1v) is 7.06. The van der Waals surface area contributed by atoms with Crippen LogP contribution in [0.2, 0.25) is 0 Å². The molecule has 25 heavy (non-hydrogen) atoms. The van der Waals surface area contributed by atoms with Gasteiger partial charge in [-0.2, -0.15) is 13.2 Å². The molecule has 0 radical (unpaired) electrons. The van der Waals surface area contributed by atoms with E-state index in [0.717, 1.165) is 6.07 Å². The fourth-order valence-electron chi connectivity index (χ4n) is 2.40. The van der Waals surface area contributed by atoms with Gasteiger partial charge < -0.3 is 10.1 Å². The molecule has 0 saturated carbocycles. The highest BCUT2D eigenvalue weighted by Crippen LogP contribution is 2.33. The quantitative estimate of drug-likeness (QED) is 0.562. The summed E-state index contributed by atoms with van der Waals surface area (Å²) in [5.74, 6) is -1.25. The average Bonchev–Trinajstić information content (AvgIpc) is 3.03. The van der Waals surface area contributed by atoms with Gasteiger partial charge in [0, 0.05) is 24.5 Å². The van der Waals surface area contributed by atoms with E-state index in [4.69, 9.17) is 4.74 Å². The molecule has 1 N–H and O–H groups in total. The second kappa shape index (κ2) is 6.42. The minimum atomic E-state index is -4.78. The van der Waals surface area contributed by atoms with Crippen molar-refractivity contribution in [2.24, 2.45) is 0 Å². The van der Waals surface area contributed by atoms with Crippen LogP contribution >= 0.6 is 0 Å². The number of alkyl halides is 3. The van der Waals surface area contributed by atoms with Gasteiger partial charge in [-0.05, 0) is 18.2 Å². The molecule has 0 saturated heterocycles. The third kappa shape index (κ3) is 3.25. The van der Waals surface area contributed by atoms with Gasteiger partial charge >= 0.3 is 6.18 Å². The second-order valence-electron chi connectivity index (χ2n) is 5.05. The summed E-state index contributed by atoms with van der Waals surface area (Å²) in [4.78, 5) is 14.7. The number of ether oxygens (including phenoxy) is 1. The van der Waals surface area contributed by atoms with Crippen molar-refractivity contribution < 1.29 is 27.1 Å². The van der Waals surface area contributed by atoms with E-state index >= 15 is 0 Å². The summed E-state index contributed by atoms with van der Waals surface area (Å²) in [6, 6.07) is 6.20. The van der Waals surface area contributed by atoms with Crippen LogP contribution in [0.25, 0.3) is 5.65 Å². The third-order valence-electron chi connectivity index (χ3n) is 3.53. The molecule has 130 valence electrons. The molecule has 9 heteroatoms. The van der Waals surface area contributed by atoms with Crippen LogP contribution in [0.4, 0.5) is 23.2 Å². The SMILES string of the molecule is O=COc1c(NCc2cccc(C(F)(F)F)c2F)ccc2nccn12. The van der Waals surface area contributed by atoms with Crippen molar-refractivity contribution in [2.75, 3.05) is 5.32 Å². The Balaban J connectivity index is 1.91. The number of aromatic nitrogens is 2. The number of carbonyl (C=O) groups is 1. The van der Waals surface area contributed by atoms with Crippen molar-refractivity contribution in [3.8, 4) is 5.88 Å². The second-order valence-corrected chi connectivity index (χ2v) is 5.05. The Morgan fingerprint density at radius 3 is 2.76 bits per heavy atom. The number of imidazole rings is 1. The first-order valence-electron chi connectivity index (χ1n) is 7.06. The van der Waals surface area contributed by atoms with Crippen LogP contribution < -0.4 is 10.1 Å². The zero-order valence-electron chi connectivity index (χ0n) is 12.5. The molecule has 3 aromatic rings. The van der Waals surface area contributed by atoms with E-state index in [1.807, 2.05) is 0 Å². The lowest BCUT2D eigenvalue weighted by molar-refractivity contribution is -0.140. The number of rotatable bonds is 5. The van der Waals surface area contributed by atoms with Gasteiger partial charge in [0.1, 0.15) is 11.5 Å². The number of carbonyl (C=O) groups excluding carboxylic acids is 1. The molecular formula is C16H11F4N3O2. The number of anilines is 1. The summed E-state index contributed by atoms with van der Waals surface area (Å²) in [6.45, 7) is -0.0179. The van der Waals surface area contributed by atoms with Gasteiger partial charge in [0.2, 0.25) is 5.88 Å². The van der Waals surface area contributed by atoms with E-state index in [2.05, 4.69) is 10.3 Å². The molecule has 0 unspecified atom stereocenters. The van der Waals surface area contributed by atoms with Crippen LogP contribution in [0.1, 0.15) is 11.1 Å². The lowest BCUT2D eigenvalue weighted by Crippen LogP contribution is -2.12. The molecule has 0 amide bonds. The molecule has 3 rings (SSSR count). The summed E-state index contributed by atoms with van der Waals surface area (Å²) in [7, 11) is 0. The normalized spacial score (nSPS) is 11.5. The predicted molar refractivity (Wildman–Crippen MR) is 80.6 cm³/mol. The molecule has 0 bridgehead atoms. The van der Waals surface area contributed by atoms with E-state index in [9.17, 15) is 22.4 Å². The predicted octanol–water partition coefficient (Wildman–Crippen LogP) is 3.64. The lowest BCUT2D eigenvalue weighted by atomic mass is 10.1. The maximum absolute atomic E-state index is 14.1. The summed E-state index contributed by atoms with van der Waals surface area (Å²) in [5.41, 5.74) is -0.694. The van der Waals surface area contributed by atoms with Crippen molar-refractivity contribution in [1.29, 1.82) is 0 Å². The zero-order valence-corrected chi connectivity index (χ0v) is 12.5. The fourth-order valence-corrected chi connectivity index (χ4v) is 2.40. The molecule has 2 aromatic heterocycles. The number of halogens is 4. The topological polar surface area (TPSA) is 55.6 Å². The first kappa shape index (κ1) is 16.7. The fraction of sp³-hybridized carbons (Fsp3) is 0.125. The molecule has 0 fully saturated rings. The minimum Gasteiger partial charge on any atom is -0.409 e. The maximum Gasteiger partial charge on any atom is 0.419 e. The van der Waals surface area contributed by atoms with Crippen LogP contribution in [0.3, 0.4) is 0 Å². The van der Waals surface area contributed by atoms with Gasteiger partial charge in [-0.3, -0.25) is 9.20 Å². The van der Waals surface area contributed by atoms with Crippen LogP contribution in [-0.2, 0) is 17.5 Å². The summed E-state index contributed by atoms with van der Waals surface area (Å²) >= 11 is 0. The van der Waals surface area contributed by atoms with Crippen molar-refractivity contribution in [2.45, 2.75) is 12.7 Å². The number of pyridine rings is 1. The Hall–Kier alpha value is -3.10. The number of nitrogens with zero attached hydrogens (tertiary/aromatic N) is 2. The smallest absolute Gasteiger partial charge is 0.409 e. The van der Waals surface area contributed by atoms with E-state index in [1.165, 1.54) is 22.7 Å². The average molecular weight is 353 g/mol. The zero-order chi connectivity index (χ0) is 18.0. The highest BCUT2D eigenvalue weighted by molar-refractivity contribution is 5.63. The van der Waals surface area contributed by atoms with Gasteiger partial charge in [0.25, 0.3) is 6.47 Å². The van der Waals surface area contributed by atoms with E-state index < -0.39 is 17.6 Å². The van der Waals surface area contributed by atoms with Gasteiger partial charge in [0.15, 0.2) is 0 Å². The summed E-state index contributed by atoms with van der Waals surface area (Å²) in [5, 5.41) is 2.78.